The van der Waals surface area contributed by atoms with E-state index in [-0.39, 0.29) is 10.6 Å². The van der Waals surface area contributed by atoms with Gasteiger partial charge in [-0.25, -0.2) is 8.42 Å². The molecular formula is C22H21N3O4S2. The van der Waals surface area contributed by atoms with Crippen molar-refractivity contribution >= 4 is 45.0 Å². The summed E-state index contributed by atoms with van der Waals surface area (Å²) in [6.07, 6.45) is 0. The van der Waals surface area contributed by atoms with E-state index >= 15 is 0 Å². The van der Waals surface area contributed by atoms with Crippen LogP contribution in [0.5, 0.6) is 0 Å². The number of nitrogens with two attached hydrogens (primary N) is 1. The predicted molar refractivity (Wildman–Crippen MR) is 123 cm³/mol. The summed E-state index contributed by atoms with van der Waals surface area (Å²) in [6, 6.07) is 21.5. The number of carbonyl (C=O) groups is 2. The Morgan fingerprint density at radius 2 is 1.55 bits per heavy atom. The minimum Gasteiger partial charge on any atom is -0.369 e. The maximum atomic E-state index is 12.9. The Balaban J connectivity index is 1.76. The zero-order chi connectivity index (χ0) is 22.4. The summed E-state index contributed by atoms with van der Waals surface area (Å²) in [5.41, 5.74) is 6.57. The minimum absolute atomic E-state index is 0.0767. The second kappa shape index (κ2) is 9.67. The van der Waals surface area contributed by atoms with Crippen LogP contribution >= 0.6 is 11.8 Å². The molecule has 3 aromatic carbocycles. The molecule has 0 fully saturated rings. The number of nitrogens with one attached hydrogen (secondary N) is 1. The summed E-state index contributed by atoms with van der Waals surface area (Å²) in [5.74, 6) is -0.759. The van der Waals surface area contributed by atoms with Gasteiger partial charge in [-0.05, 0) is 48.5 Å². The molecule has 0 aliphatic rings. The molecule has 0 aliphatic carbocycles. The lowest BCUT2D eigenvalue weighted by atomic mass is 10.2. The van der Waals surface area contributed by atoms with E-state index in [0.717, 1.165) is 0 Å². The van der Waals surface area contributed by atoms with Crippen molar-refractivity contribution in [1.29, 1.82) is 0 Å². The molecule has 0 aromatic heterocycles. The average molecular weight is 456 g/mol. The standard InChI is InChI=1S/C22H21N3O4S2/c1-25(17-7-3-2-4-8-17)31(28,29)18-13-11-16(12-14-18)22(27)24-19-9-5-6-10-20(19)30-15-21(23)26/h2-14H,15H2,1H3,(H2,23,26)(H,24,27). The van der Waals surface area contributed by atoms with Gasteiger partial charge in [0.05, 0.1) is 22.0 Å². The smallest absolute Gasteiger partial charge is 0.264 e. The number of anilines is 2. The Hall–Kier alpha value is -3.30. The van der Waals surface area contributed by atoms with Crippen molar-refractivity contribution in [2.24, 2.45) is 5.73 Å². The zero-order valence-corrected chi connectivity index (χ0v) is 18.3. The first-order chi connectivity index (χ1) is 14.8. The lowest BCUT2D eigenvalue weighted by Crippen LogP contribution is -2.26. The topological polar surface area (TPSA) is 110 Å². The first-order valence-corrected chi connectivity index (χ1v) is 11.7. The monoisotopic (exact) mass is 455 g/mol. The quantitative estimate of drug-likeness (QED) is 0.506. The third kappa shape index (κ3) is 5.44. The molecule has 7 nitrogen and oxygen atoms in total. The first-order valence-electron chi connectivity index (χ1n) is 9.24. The van der Waals surface area contributed by atoms with Crippen molar-refractivity contribution in [3.05, 3.63) is 84.4 Å². The molecule has 0 aliphatic heterocycles. The van der Waals surface area contributed by atoms with Crippen LogP contribution < -0.4 is 15.4 Å². The summed E-state index contributed by atoms with van der Waals surface area (Å²) in [5, 5.41) is 2.79. The Morgan fingerprint density at radius 3 is 2.19 bits per heavy atom. The summed E-state index contributed by atoms with van der Waals surface area (Å²) < 4.78 is 26.9. The summed E-state index contributed by atoms with van der Waals surface area (Å²) in [6.45, 7) is 0. The molecular weight excluding hydrogens is 434 g/mol. The van der Waals surface area contributed by atoms with Gasteiger partial charge in [0, 0.05) is 17.5 Å². The molecule has 0 saturated heterocycles. The SMILES string of the molecule is CN(c1ccccc1)S(=O)(=O)c1ccc(C(=O)Nc2ccccc2SCC(N)=O)cc1. The van der Waals surface area contributed by atoms with Crippen molar-refractivity contribution in [2.45, 2.75) is 9.79 Å². The fraction of sp³-hybridized carbons (Fsp3) is 0.0909. The van der Waals surface area contributed by atoms with Gasteiger partial charge >= 0.3 is 0 Å². The second-order valence-corrected chi connectivity index (χ2v) is 9.52. The lowest BCUT2D eigenvalue weighted by Gasteiger charge is -2.19. The first kappa shape index (κ1) is 22.4. The van der Waals surface area contributed by atoms with Gasteiger partial charge in [0.25, 0.3) is 15.9 Å². The molecule has 0 unspecified atom stereocenters. The van der Waals surface area contributed by atoms with Gasteiger partial charge in [-0.15, -0.1) is 11.8 Å². The highest BCUT2D eigenvalue weighted by molar-refractivity contribution is 8.00. The Morgan fingerprint density at radius 1 is 0.935 bits per heavy atom. The molecule has 0 spiro atoms. The molecule has 9 heteroatoms. The van der Waals surface area contributed by atoms with Gasteiger partial charge in [-0.3, -0.25) is 13.9 Å². The lowest BCUT2D eigenvalue weighted by molar-refractivity contribution is -0.115. The molecule has 31 heavy (non-hydrogen) atoms. The van der Waals surface area contributed by atoms with Gasteiger partial charge in [0.2, 0.25) is 5.91 Å². The minimum atomic E-state index is -3.76. The maximum absolute atomic E-state index is 12.9. The van der Waals surface area contributed by atoms with Crippen LogP contribution in [0.15, 0.2) is 88.7 Å². The Labute approximate surface area is 185 Å². The van der Waals surface area contributed by atoms with Crippen molar-refractivity contribution in [2.75, 3.05) is 22.4 Å². The van der Waals surface area contributed by atoms with Crippen LogP contribution in [0.25, 0.3) is 0 Å². The van der Waals surface area contributed by atoms with Crippen molar-refractivity contribution in [3.8, 4) is 0 Å². The molecule has 160 valence electrons. The number of hydrogen-bond donors (Lipinski definition) is 2. The number of amides is 2. The number of rotatable bonds is 8. The molecule has 3 rings (SSSR count). The molecule has 2 amide bonds. The normalized spacial score (nSPS) is 11.0. The summed E-state index contributed by atoms with van der Waals surface area (Å²) in [4.78, 5) is 24.5. The third-order valence-corrected chi connectivity index (χ3v) is 7.30. The van der Waals surface area contributed by atoms with Crippen LogP contribution in [-0.4, -0.2) is 33.0 Å². The van der Waals surface area contributed by atoms with Crippen molar-refractivity contribution in [1.82, 2.24) is 0 Å². The number of hydrogen-bond acceptors (Lipinski definition) is 5. The van der Waals surface area contributed by atoms with E-state index in [1.807, 2.05) is 6.07 Å². The third-order valence-electron chi connectivity index (χ3n) is 4.40. The number of sulfonamides is 1. The number of benzene rings is 3. The Bertz CT molecular complexity index is 1180. The van der Waals surface area contributed by atoms with Gasteiger partial charge in [-0.1, -0.05) is 30.3 Å². The number of nitrogens with zero attached hydrogens (tertiary/aromatic N) is 1. The fourth-order valence-corrected chi connectivity index (χ4v) is 4.69. The highest BCUT2D eigenvalue weighted by Crippen LogP contribution is 2.27. The predicted octanol–water partition coefficient (Wildman–Crippen LogP) is 3.34. The molecule has 0 saturated carbocycles. The van der Waals surface area contributed by atoms with Crippen molar-refractivity contribution < 1.29 is 18.0 Å². The number of para-hydroxylation sites is 2. The fourth-order valence-electron chi connectivity index (χ4n) is 2.75. The van der Waals surface area contributed by atoms with E-state index < -0.39 is 21.8 Å². The maximum Gasteiger partial charge on any atom is 0.264 e. The molecule has 0 heterocycles. The van der Waals surface area contributed by atoms with E-state index in [1.165, 1.54) is 47.4 Å². The Kier molecular flexibility index (Phi) is 6.98. The van der Waals surface area contributed by atoms with E-state index in [2.05, 4.69) is 5.32 Å². The van der Waals surface area contributed by atoms with Crippen LogP contribution in [0.3, 0.4) is 0 Å². The molecule has 0 bridgehead atoms. The van der Waals surface area contributed by atoms with Gasteiger partial charge in [0.1, 0.15) is 0 Å². The average Bonchev–Trinajstić information content (AvgIpc) is 2.78. The largest absolute Gasteiger partial charge is 0.369 e. The molecule has 3 N–H and O–H groups in total. The highest BCUT2D eigenvalue weighted by Gasteiger charge is 2.21. The van der Waals surface area contributed by atoms with Gasteiger partial charge in [-0.2, -0.15) is 0 Å². The number of thioether (sulfide) groups is 1. The van der Waals surface area contributed by atoms with Crippen LogP contribution in [0, 0.1) is 0 Å². The van der Waals surface area contributed by atoms with E-state index in [4.69, 9.17) is 5.73 Å². The van der Waals surface area contributed by atoms with Crippen LogP contribution in [0.2, 0.25) is 0 Å². The number of primary amides is 1. The highest BCUT2D eigenvalue weighted by atomic mass is 32.2. The van der Waals surface area contributed by atoms with E-state index in [0.29, 0.717) is 21.8 Å². The zero-order valence-electron chi connectivity index (χ0n) is 16.7. The molecule has 3 aromatic rings. The van der Waals surface area contributed by atoms with Crippen molar-refractivity contribution in [3.63, 3.8) is 0 Å². The molecule has 0 atom stereocenters. The van der Waals surface area contributed by atoms with E-state index in [9.17, 15) is 18.0 Å². The van der Waals surface area contributed by atoms with Crippen LogP contribution in [0.1, 0.15) is 10.4 Å². The van der Waals surface area contributed by atoms with Gasteiger partial charge < -0.3 is 11.1 Å². The summed E-state index contributed by atoms with van der Waals surface area (Å²) in [7, 11) is -2.28. The van der Waals surface area contributed by atoms with Gasteiger partial charge in [0.15, 0.2) is 0 Å². The number of carbonyl (C=O) groups excluding carboxylic acids is 2. The second-order valence-electron chi connectivity index (χ2n) is 6.54. The molecule has 0 radical (unpaired) electrons. The summed E-state index contributed by atoms with van der Waals surface area (Å²) >= 11 is 1.23. The van der Waals surface area contributed by atoms with E-state index in [1.54, 1.807) is 48.5 Å². The van der Waals surface area contributed by atoms with Crippen LogP contribution in [0.4, 0.5) is 11.4 Å². The van der Waals surface area contributed by atoms with Crippen LogP contribution in [-0.2, 0) is 14.8 Å².